The van der Waals surface area contributed by atoms with Gasteiger partial charge in [-0.05, 0) is 61.6 Å². The number of H-pyrrole nitrogens is 1. The summed E-state index contributed by atoms with van der Waals surface area (Å²) in [5, 5.41) is 12.3. The van der Waals surface area contributed by atoms with Crippen molar-refractivity contribution in [2.75, 3.05) is 26.7 Å². The number of aromatic nitrogens is 2. The Kier molecular flexibility index (Phi) is 10.1. The molecule has 3 amide bonds. The normalized spacial score (nSPS) is 15.1. The highest BCUT2D eigenvalue weighted by Gasteiger charge is 2.18. The first-order valence-electron chi connectivity index (χ1n) is 13.4. The molecule has 2 aliphatic rings. The van der Waals surface area contributed by atoms with Gasteiger partial charge in [-0.1, -0.05) is 6.07 Å². The summed E-state index contributed by atoms with van der Waals surface area (Å²) in [6.45, 7) is 1.14. The molecule has 0 saturated carbocycles. The predicted molar refractivity (Wildman–Crippen MR) is 146 cm³/mol. The van der Waals surface area contributed by atoms with Crippen molar-refractivity contribution in [1.82, 2.24) is 25.7 Å². The van der Waals surface area contributed by atoms with E-state index in [1.165, 1.54) is 19.2 Å². The van der Waals surface area contributed by atoms with Crippen LogP contribution in [-0.2, 0) is 22.6 Å². The van der Waals surface area contributed by atoms with Crippen molar-refractivity contribution in [2.45, 2.75) is 45.1 Å². The van der Waals surface area contributed by atoms with E-state index in [4.69, 9.17) is 9.47 Å². The average molecular weight is 552 g/mol. The van der Waals surface area contributed by atoms with Crippen LogP contribution in [0.25, 0.3) is 0 Å². The Balaban J connectivity index is 1.49. The number of hydrogen-bond acceptors (Lipinski definition) is 6. The Hall–Kier alpha value is -4.41. The van der Waals surface area contributed by atoms with Crippen molar-refractivity contribution in [3.8, 4) is 17.2 Å². The Morgan fingerprint density at radius 1 is 1.12 bits per heavy atom. The zero-order valence-corrected chi connectivity index (χ0v) is 22.5. The van der Waals surface area contributed by atoms with Crippen LogP contribution in [0.15, 0.2) is 48.8 Å². The minimum Gasteiger partial charge on any atom is -0.493 e. The maximum atomic E-state index is 14.7. The van der Waals surface area contributed by atoms with Gasteiger partial charge in [-0.15, -0.1) is 0 Å². The molecule has 0 fully saturated rings. The van der Waals surface area contributed by atoms with Gasteiger partial charge < -0.3 is 25.0 Å². The number of nitrogens with zero attached hydrogens (tertiary/aromatic N) is 2. The number of fused-ring (bicyclic) bond motifs is 13. The quantitative estimate of drug-likeness (QED) is 0.444. The van der Waals surface area contributed by atoms with Crippen LogP contribution in [0.3, 0.4) is 0 Å². The van der Waals surface area contributed by atoms with Crippen LogP contribution in [0.5, 0.6) is 17.2 Å². The van der Waals surface area contributed by atoms with E-state index >= 15 is 0 Å². The third kappa shape index (κ3) is 7.81. The van der Waals surface area contributed by atoms with Crippen LogP contribution in [-0.4, -0.2) is 59.6 Å². The number of halogens is 1. The van der Waals surface area contributed by atoms with Crippen LogP contribution >= 0.6 is 0 Å². The molecule has 10 nitrogen and oxygen atoms in total. The molecule has 11 heteroatoms. The monoisotopic (exact) mass is 551 g/mol. The molecular formula is C29H34FN5O5. The Morgan fingerprint density at radius 3 is 2.77 bits per heavy atom. The molecule has 0 radical (unpaired) electrons. The SMILES string of the molecule is COc1cc2ccc1Oc1cccc(F)c1CNC(=O)CCCN(C(=O)CCCc1cn[nH]c1)CCCNC2=O. The van der Waals surface area contributed by atoms with E-state index in [9.17, 15) is 18.8 Å². The molecule has 1 aromatic heterocycles. The fourth-order valence-corrected chi connectivity index (χ4v) is 4.47. The number of amides is 3. The van der Waals surface area contributed by atoms with Crippen molar-refractivity contribution < 1.29 is 28.2 Å². The maximum Gasteiger partial charge on any atom is 0.251 e. The molecule has 2 bridgehead atoms. The van der Waals surface area contributed by atoms with Crippen LogP contribution in [0.2, 0.25) is 0 Å². The molecular weight excluding hydrogens is 517 g/mol. The van der Waals surface area contributed by atoms with Crippen molar-refractivity contribution >= 4 is 17.7 Å². The van der Waals surface area contributed by atoms with Crippen LogP contribution in [0.4, 0.5) is 4.39 Å². The summed E-state index contributed by atoms with van der Waals surface area (Å²) >= 11 is 0. The fourth-order valence-electron chi connectivity index (χ4n) is 4.47. The van der Waals surface area contributed by atoms with Gasteiger partial charge in [-0.25, -0.2) is 4.39 Å². The van der Waals surface area contributed by atoms with Crippen molar-refractivity contribution in [3.63, 3.8) is 0 Å². The minimum absolute atomic E-state index is 0.00501. The highest BCUT2D eigenvalue weighted by atomic mass is 19.1. The lowest BCUT2D eigenvalue weighted by atomic mass is 10.1. The summed E-state index contributed by atoms with van der Waals surface area (Å²) in [6, 6.07) is 9.14. The first kappa shape index (κ1) is 28.6. The Morgan fingerprint density at radius 2 is 1.98 bits per heavy atom. The highest BCUT2D eigenvalue weighted by Crippen LogP contribution is 2.34. The predicted octanol–water partition coefficient (Wildman–Crippen LogP) is 3.73. The van der Waals surface area contributed by atoms with Gasteiger partial charge in [0.1, 0.15) is 11.6 Å². The van der Waals surface area contributed by atoms with Gasteiger partial charge in [0.25, 0.3) is 5.91 Å². The van der Waals surface area contributed by atoms with Gasteiger partial charge in [0.15, 0.2) is 11.5 Å². The molecule has 40 heavy (non-hydrogen) atoms. The number of aromatic amines is 1. The standard InChI is InChI=1S/C29H34FN5O5/c1-39-26-16-21-11-12-25(26)40-24-8-3-7-23(30)22(24)19-32-27(36)9-4-14-35(15-5-13-31-29(21)38)28(37)10-2-6-20-17-33-34-18-20/h3,7-8,11-12,16-18H,2,4-6,9-10,13-15,19H2,1H3,(H,31,38)(H,32,36)(H,33,34). The van der Waals surface area contributed by atoms with Gasteiger partial charge in [0.2, 0.25) is 11.8 Å². The lowest BCUT2D eigenvalue weighted by Gasteiger charge is -2.23. The average Bonchev–Trinajstić information content (AvgIpc) is 3.47. The summed E-state index contributed by atoms with van der Waals surface area (Å²) in [5.41, 5.74) is 1.60. The Bertz CT molecular complexity index is 1310. The topological polar surface area (TPSA) is 126 Å². The number of aryl methyl sites for hydroxylation is 1. The molecule has 0 aliphatic carbocycles. The third-order valence-corrected chi connectivity index (χ3v) is 6.67. The summed E-state index contributed by atoms with van der Waals surface area (Å²) in [6.07, 6.45) is 6.51. The van der Waals surface area contributed by atoms with Crippen molar-refractivity contribution in [2.24, 2.45) is 0 Å². The molecule has 0 unspecified atom stereocenters. The largest absolute Gasteiger partial charge is 0.493 e. The number of hydrogen-bond donors (Lipinski definition) is 3. The number of carbonyl (C=O) groups is 3. The Labute approximate surface area is 232 Å². The number of benzene rings is 2. The second-order valence-electron chi connectivity index (χ2n) is 9.51. The second kappa shape index (κ2) is 14.1. The number of nitrogens with one attached hydrogen (secondary N) is 3. The lowest BCUT2D eigenvalue weighted by molar-refractivity contribution is -0.132. The van der Waals surface area contributed by atoms with E-state index in [-0.39, 0.29) is 42.0 Å². The molecule has 2 aliphatic heterocycles. The van der Waals surface area contributed by atoms with Gasteiger partial charge >= 0.3 is 0 Å². The lowest BCUT2D eigenvalue weighted by Crippen LogP contribution is -2.35. The van der Waals surface area contributed by atoms with E-state index in [2.05, 4.69) is 20.8 Å². The zero-order chi connectivity index (χ0) is 28.3. The van der Waals surface area contributed by atoms with E-state index in [0.717, 1.165) is 12.0 Å². The smallest absolute Gasteiger partial charge is 0.251 e. The van der Waals surface area contributed by atoms with Crippen LogP contribution in [0, 0.1) is 5.82 Å². The number of methoxy groups -OCH3 is 1. The molecule has 3 heterocycles. The molecule has 0 saturated heterocycles. The molecule has 212 valence electrons. The van der Waals surface area contributed by atoms with E-state index in [1.807, 2.05) is 6.20 Å². The first-order chi connectivity index (χ1) is 19.4. The summed E-state index contributed by atoms with van der Waals surface area (Å²) in [5.74, 6) is -0.244. The third-order valence-electron chi connectivity index (χ3n) is 6.67. The van der Waals surface area contributed by atoms with Gasteiger partial charge in [-0.3, -0.25) is 19.5 Å². The molecule has 0 spiro atoms. The van der Waals surface area contributed by atoms with Crippen molar-refractivity contribution in [1.29, 1.82) is 0 Å². The fraction of sp³-hybridized carbons (Fsp3) is 0.379. The number of rotatable bonds is 5. The van der Waals surface area contributed by atoms with Crippen LogP contribution < -0.4 is 20.1 Å². The number of ether oxygens (including phenoxy) is 2. The van der Waals surface area contributed by atoms with Gasteiger partial charge in [0.05, 0.1) is 13.3 Å². The highest BCUT2D eigenvalue weighted by molar-refractivity contribution is 5.94. The minimum atomic E-state index is -0.522. The van der Waals surface area contributed by atoms with Gasteiger partial charge in [0, 0.05) is 56.3 Å². The van der Waals surface area contributed by atoms with E-state index < -0.39 is 5.82 Å². The summed E-state index contributed by atoms with van der Waals surface area (Å²) in [7, 11) is 1.45. The first-order valence-corrected chi connectivity index (χ1v) is 13.4. The molecule has 5 rings (SSSR count). The van der Waals surface area contributed by atoms with Crippen molar-refractivity contribution in [3.05, 3.63) is 71.3 Å². The molecule has 3 N–H and O–H groups in total. The van der Waals surface area contributed by atoms with E-state index in [0.29, 0.717) is 62.4 Å². The van der Waals surface area contributed by atoms with E-state index in [1.54, 1.807) is 35.4 Å². The second-order valence-corrected chi connectivity index (χ2v) is 9.51. The molecule has 2 aromatic carbocycles. The molecule has 3 aromatic rings. The zero-order valence-electron chi connectivity index (χ0n) is 22.5. The maximum absolute atomic E-state index is 14.7. The summed E-state index contributed by atoms with van der Waals surface area (Å²) < 4.78 is 26.1. The summed E-state index contributed by atoms with van der Waals surface area (Å²) in [4.78, 5) is 40.1. The van der Waals surface area contributed by atoms with Gasteiger partial charge in [-0.2, -0.15) is 5.10 Å². The molecule has 0 atom stereocenters. The number of carbonyl (C=O) groups excluding carboxylic acids is 3. The van der Waals surface area contributed by atoms with Crippen LogP contribution in [0.1, 0.15) is 53.6 Å².